The molecule has 0 aliphatic carbocycles. The maximum Gasteiger partial charge on any atom is 0.250 e. The molecule has 5 nitrogen and oxygen atoms in total. The van der Waals surface area contributed by atoms with Crippen LogP contribution in [0.15, 0.2) is 30.5 Å². The number of carbonyl (C=O) groups is 1. The van der Waals surface area contributed by atoms with Gasteiger partial charge in [0.25, 0.3) is 5.91 Å². The summed E-state index contributed by atoms with van der Waals surface area (Å²) in [6, 6.07) is 5.54. The molecule has 0 bridgehead atoms. The van der Waals surface area contributed by atoms with E-state index in [1.54, 1.807) is 18.3 Å². The highest BCUT2D eigenvalue weighted by Crippen LogP contribution is 2.28. The Hall–Kier alpha value is -2.08. The molecular weight excluding hydrogens is 276 g/mol. The highest BCUT2D eigenvalue weighted by molar-refractivity contribution is 7.91. The van der Waals surface area contributed by atoms with Gasteiger partial charge in [-0.1, -0.05) is 6.08 Å². The lowest BCUT2D eigenvalue weighted by Gasteiger charge is -2.14. The van der Waals surface area contributed by atoms with E-state index in [1.165, 1.54) is 0 Å². The van der Waals surface area contributed by atoms with Gasteiger partial charge in [-0.3, -0.25) is 4.79 Å². The first-order chi connectivity index (χ1) is 9.46. The number of allylic oxidation sites excluding steroid dienone is 1. The number of fused-ring (bicyclic) bond motifs is 1. The molecule has 20 heavy (non-hydrogen) atoms. The fourth-order valence-corrected chi connectivity index (χ4v) is 3.64. The number of aromatic nitrogens is 1. The molecule has 6 heteroatoms. The van der Waals surface area contributed by atoms with Crippen molar-refractivity contribution in [3.8, 4) is 0 Å². The molecular formula is C14H14N2O3S. The smallest absolute Gasteiger partial charge is 0.250 e. The number of nitrogens with one attached hydrogen (secondary N) is 1. The zero-order valence-corrected chi connectivity index (χ0v) is 11.5. The van der Waals surface area contributed by atoms with Crippen LogP contribution in [0.25, 0.3) is 16.5 Å². The highest BCUT2D eigenvalue weighted by Gasteiger charge is 2.19. The summed E-state index contributed by atoms with van der Waals surface area (Å²) in [6.07, 6.45) is 3.94. The average Bonchev–Trinajstić information content (AvgIpc) is 2.85. The second-order valence-electron chi connectivity index (χ2n) is 4.92. The van der Waals surface area contributed by atoms with Gasteiger partial charge in [0.2, 0.25) is 0 Å². The van der Waals surface area contributed by atoms with E-state index in [9.17, 15) is 13.2 Å². The van der Waals surface area contributed by atoms with Crippen LogP contribution in [0.2, 0.25) is 0 Å². The molecule has 0 spiro atoms. The molecule has 1 aliphatic heterocycles. The zero-order chi connectivity index (χ0) is 14.3. The van der Waals surface area contributed by atoms with Gasteiger partial charge in [0.1, 0.15) is 0 Å². The SMILES string of the molecule is NC(=O)c1cc(C2=CCS(=O)(=O)CC2)cc2cc[nH]c12. The van der Waals surface area contributed by atoms with E-state index in [1.807, 2.05) is 12.1 Å². The van der Waals surface area contributed by atoms with Gasteiger partial charge in [-0.05, 0) is 35.8 Å². The van der Waals surface area contributed by atoms with Gasteiger partial charge >= 0.3 is 0 Å². The molecule has 0 unspecified atom stereocenters. The second-order valence-corrected chi connectivity index (χ2v) is 7.15. The molecule has 1 aliphatic rings. The lowest BCUT2D eigenvalue weighted by Crippen LogP contribution is -2.16. The van der Waals surface area contributed by atoms with Crippen molar-refractivity contribution in [2.45, 2.75) is 6.42 Å². The summed E-state index contributed by atoms with van der Waals surface area (Å²) in [6.45, 7) is 0. The third-order valence-electron chi connectivity index (χ3n) is 3.56. The molecule has 1 amide bonds. The predicted molar refractivity (Wildman–Crippen MR) is 78.1 cm³/mol. The number of primary amides is 1. The minimum Gasteiger partial charge on any atom is -0.366 e. The second kappa shape index (κ2) is 4.49. The van der Waals surface area contributed by atoms with Gasteiger partial charge in [-0.2, -0.15) is 0 Å². The highest BCUT2D eigenvalue weighted by atomic mass is 32.2. The van der Waals surface area contributed by atoms with Gasteiger partial charge in [0.05, 0.1) is 22.6 Å². The van der Waals surface area contributed by atoms with Crippen LogP contribution in [0.4, 0.5) is 0 Å². The topological polar surface area (TPSA) is 93.0 Å². The lowest BCUT2D eigenvalue weighted by molar-refractivity contribution is 0.100. The van der Waals surface area contributed by atoms with Gasteiger partial charge in [-0.15, -0.1) is 0 Å². The molecule has 0 fully saturated rings. The Labute approximate surface area is 116 Å². The Morgan fingerprint density at radius 1 is 1.30 bits per heavy atom. The van der Waals surface area contributed by atoms with E-state index in [-0.39, 0.29) is 11.5 Å². The number of carbonyl (C=O) groups excluding carboxylic acids is 1. The van der Waals surface area contributed by atoms with Crippen molar-refractivity contribution in [3.05, 3.63) is 41.6 Å². The number of benzene rings is 1. The Morgan fingerprint density at radius 2 is 2.10 bits per heavy atom. The molecule has 1 aromatic carbocycles. The Balaban J connectivity index is 2.13. The van der Waals surface area contributed by atoms with Crippen LogP contribution in [0.3, 0.4) is 0 Å². The molecule has 0 atom stereocenters. The quantitative estimate of drug-likeness (QED) is 0.877. The van der Waals surface area contributed by atoms with Crippen molar-refractivity contribution >= 4 is 32.2 Å². The number of aromatic amines is 1. The standard InChI is InChI=1S/C14H14N2O3S/c15-14(17)12-8-11(7-10-1-4-16-13(10)12)9-2-5-20(18,19)6-3-9/h1-2,4,7-8,16H,3,5-6H2,(H2,15,17). The van der Waals surface area contributed by atoms with E-state index in [2.05, 4.69) is 4.98 Å². The van der Waals surface area contributed by atoms with Crippen LogP contribution in [-0.4, -0.2) is 30.8 Å². The number of amides is 1. The number of hydrogen-bond acceptors (Lipinski definition) is 3. The molecule has 0 saturated carbocycles. The summed E-state index contributed by atoms with van der Waals surface area (Å²) < 4.78 is 22.9. The maximum absolute atomic E-state index is 11.5. The minimum absolute atomic E-state index is 0.0550. The van der Waals surface area contributed by atoms with Gasteiger partial charge in [0.15, 0.2) is 9.84 Å². The largest absolute Gasteiger partial charge is 0.366 e. The normalized spacial score (nSPS) is 17.9. The molecule has 3 N–H and O–H groups in total. The zero-order valence-electron chi connectivity index (χ0n) is 10.7. The summed E-state index contributed by atoms with van der Waals surface area (Å²) in [5.74, 6) is -0.293. The lowest BCUT2D eigenvalue weighted by atomic mass is 9.98. The summed E-state index contributed by atoms with van der Waals surface area (Å²) >= 11 is 0. The first kappa shape index (κ1) is 12.9. The maximum atomic E-state index is 11.5. The fourth-order valence-electron chi connectivity index (χ4n) is 2.49. The number of sulfone groups is 1. The summed E-state index contributed by atoms with van der Waals surface area (Å²) in [5.41, 5.74) is 8.36. The molecule has 0 radical (unpaired) electrons. The third kappa shape index (κ3) is 2.22. The van der Waals surface area contributed by atoms with E-state index in [4.69, 9.17) is 5.73 Å². The van der Waals surface area contributed by atoms with Gasteiger partial charge < -0.3 is 10.7 Å². The van der Waals surface area contributed by atoms with Crippen molar-refractivity contribution < 1.29 is 13.2 Å². The van der Waals surface area contributed by atoms with E-state index in [0.29, 0.717) is 17.5 Å². The van der Waals surface area contributed by atoms with Crippen molar-refractivity contribution in [3.63, 3.8) is 0 Å². The van der Waals surface area contributed by atoms with Crippen molar-refractivity contribution in [2.75, 3.05) is 11.5 Å². The molecule has 3 rings (SSSR count). The number of hydrogen-bond donors (Lipinski definition) is 2. The van der Waals surface area contributed by atoms with E-state index < -0.39 is 15.7 Å². The minimum atomic E-state index is -2.96. The number of nitrogens with two attached hydrogens (primary N) is 1. The fraction of sp³-hybridized carbons (Fsp3) is 0.214. The Bertz CT molecular complexity index is 831. The molecule has 2 heterocycles. The molecule has 104 valence electrons. The van der Waals surface area contributed by atoms with Gasteiger partial charge in [0, 0.05) is 11.6 Å². The van der Waals surface area contributed by atoms with Crippen LogP contribution in [0.1, 0.15) is 22.3 Å². The summed E-state index contributed by atoms with van der Waals surface area (Å²) in [5, 5.41) is 0.894. The predicted octanol–water partition coefficient (Wildman–Crippen LogP) is 1.47. The monoisotopic (exact) mass is 290 g/mol. The van der Waals surface area contributed by atoms with Crippen molar-refractivity contribution in [2.24, 2.45) is 5.73 Å². The van der Waals surface area contributed by atoms with Crippen LogP contribution >= 0.6 is 0 Å². The number of rotatable bonds is 2. The summed E-state index contributed by atoms with van der Waals surface area (Å²) in [7, 11) is -2.96. The summed E-state index contributed by atoms with van der Waals surface area (Å²) in [4.78, 5) is 14.5. The van der Waals surface area contributed by atoms with E-state index >= 15 is 0 Å². The van der Waals surface area contributed by atoms with Crippen molar-refractivity contribution in [1.29, 1.82) is 0 Å². The third-order valence-corrected chi connectivity index (χ3v) is 5.06. The van der Waals surface area contributed by atoms with Crippen LogP contribution < -0.4 is 5.73 Å². The first-order valence-corrected chi connectivity index (χ1v) is 8.09. The van der Waals surface area contributed by atoms with Crippen LogP contribution in [0.5, 0.6) is 0 Å². The van der Waals surface area contributed by atoms with Crippen LogP contribution in [0, 0.1) is 0 Å². The van der Waals surface area contributed by atoms with Crippen molar-refractivity contribution in [1.82, 2.24) is 4.98 Å². The van der Waals surface area contributed by atoms with E-state index in [0.717, 1.165) is 16.5 Å². The van der Waals surface area contributed by atoms with Crippen LogP contribution in [-0.2, 0) is 9.84 Å². The molecule has 0 saturated heterocycles. The average molecular weight is 290 g/mol. The number of H-pyrrole nitrogens is 1. The first-order valence-electron chi connectivity index (χ1n) is 6.27. The Kier molecular flexibility index (Phi) is 2.90. The molecule has 2 aromatic rings. The molecule has 1 aromatic heterocycles. The Morgan fingerprint density at radius 3 is 2.75 bits per heavy atom. The van der Waals surface area contributed by atoms with Gasteiger partial charge in [-0.25, -0.2) is 8.42 Å².